The maximum absolute atomic E-state index is 6.15. The summed E-state index contributed by atoms with van der Waals surface area (Å²) >= 11 is 11.6. The molecule has 2 N–H and O–H groups in total. The lowest BCUT2D eigenvalue weighted by Gasteiger charge is -2.19. The van der Waals surface area contributed by atoms with Gasteiger partial charge >= 0.3 is 0 Å². The van der Waals surface area contributed by atoms with E-state index in [0.717, 1.165) is 22.7 Å². The van der Waals surface area contributed by atoms with Gasteiger partial charge in [0.1, 0.15) is 5.75 Å². The highest BCUT2D eigenvalue weighted by Gasteiger charge is 2.12. The zero-order chi connectivity index (χ0) is 19.8. The van der Waals surface area contributed by atoms with E-state index < -0.39 is 0 Å². The van der Waals surface area contributed by atoms with Crippen molar-refractivity contribution in [1.29, 1.82) is 0 Å². The van der Waals surface area contributed by atoms with Gasteiger partial charge in [0.15, 0.2) is 16.6 Å². The van der Waals surface area contributed by atoms with E-state index in [-0.39, 0.29) is 6.04 Å². The van der Waals surface area contributed by atoms with Crippen molar-refractivity contribution in [2.24, 2.45) is 0 Å². The smallest absolute Gasteiger partial charge is 0.171 e. The van der Waals surface area contributed by atoms with Crippen molar-refractivity contribution >= 4 is 34.6 Å². The third-order valence-corrected chi connectivity index (χ3v) is 4.34. The van der Waals surface area contributed by atoms with Crippen molar-refractivity contribution < 1.29 is 14.2 Å². The van der Waals surface area contributed by atoms with Gasteiger partial charge in [-0.3, -0.25) is 0 Å². The maximum atomic E-state index is 6.15. The molecule has 0 heterocycles. The topological polar surface area (TPSA) is 51.8 Å². The van der Waals surface area contributed by atoms with Gasteiger partial charge < -0.3 is 24.8 Å². The number of rotatable bonds is 8. The Morgan fingerprint density at radius 1 is 1.04 bits per heavy atom. The molecular formula is C20H25ClN2O3S. The average Bonchev–Trinajstić information content (AvgIpc) is 2.63. The summed E-state index contributed by atoms with van der Waals surface area (Å²) < 4.78 is 16.5. The molecule has 0 amide bonds. The van der Waals surface area contributed by atoms with Crippen LogP contribution in [0.2, 0.25) is 5.02 Å². The largest absolute Gasteiger partial charge is 0.495 e. The minimum atomic E-state index is -0.0198. The predicted octanol–water partition coefficient (Wildman–Crippen LogP) is 5.19. The van der Waals surface area contributed by atoms with E-state index in [1.54, 1.807) is 19.2 Å². The Morgan fingerprint density at radius 2 is 1.70 bits per heavy atom. The van der Waals surface area contributed by atoms with E-state index in [9.17, 15) is 0 Å². The van der Waals surface area contributed by atoms with E-state index in [0.29, 0.717) is 29.1 Å². The third kappa shape index (κ3) is 5.91. The highest BCUT2D eigenvalue weighted by molar-refractivity contribution is 7.80. The zero-order valence-corrected chi connectivity index (χ0v) is 17.5. The van der Waals surface area contributed by atoms with Crippen LogP contribution in [0.1, 0.15) is 32.4 Å². The lowest BCUT2D eigenvalue weighted by atomic mass is 10.1. The molecule has 0 aliphatic carbocycles. The summed E-state index contributed by atoms with van der Waals surface area (Å²) in [6.07, 6.45) is 0. The molecule has 0 bridgehead atoms. The van der Waals surface area contributed by atoms with E-state index in [1.807, 2.05) is 45.0 Å². The number of ether oxygens (including phenoxy) is 3. The summed E-state index contributed by atoms with van der Waals surface area (Å²) in [5, 5.41) is 7.41. The van der Waals surface area contributed by atoms with Crippen molar-refractivity contribution in [3.63, 3.8) is 0 Å². The Hall–Kier alpha value is -2.18. The molecule has 2 aromatic carbocycles. The molecule has 0 aromatic heterocycles. The average molecular weight is 409 g/mol. The molecular weight excluding hydrogens is 384 g/mol. The quantitative estimate of drug-likeness (QED) is 0.586. The molecule has 5 nitrogen and oxygen atoms in total. The molecule has 0 saturated carbocycles. The number of anilines is 1. The fourth-order valence-electron chi connectivity index (χ4n) is 2.53. The molecule has 0 unspecified atom stereocenters. The normalized spacial score (nSPS) is 11.4. The summed E-state index contributed by atoms with van der Waals surface area (Å²) in [4.78, 5) is 0. The molecule has 2 aromatic rings. The van der Waals surface area contributed by atoms with Gasteiger partial charge in [0.2, 0.25) is 0 Å². The molecule has 0 spiro atoms. The predicted molar refractivity (Wildman–Crippen MR) is 115 cm³/mol. The molecule has 0 radical (unpaired) electrons. The van der Waals surface area contributed by atoms with Crippen molar-refractivity contribution in [1.82, 2.24) is 5.32 Å². The van der Waals surface area contributed by atoms with Gasteiger partial charge in [-0.05, 0) is 68.9 Å². The monoisotopic (exact) mass is 408 g/mol. The molecule has 0 saturated heterocycles. The van der Waals surface area contributed by atoms with Gasteiger partial charge in [-0.2, -0.15) is 0 Å². The lowest BCUT2D eigenvalue weighted by Crippen LogP contribution is -2.30. The van der Waals surface area contributed by atoms with Gasteiger partial charge in [-0.1, -0.05) is 17.7 Å². The Bertz CT molecular complexity index is 786. The van der Waals surface area contributed by atoms with Gasteiger partial charge in [-0.25, -0.2) is 0 Å². The van der Waals surface area contributed by atoms with Crippen LogP contribution in [0.4, 0.5) is 5.69 Å². The second kappa shape index (κ2) is 10.2. The van der Waals surface area contributed by atoms with Gasteiger partial charge in [0.25, 0.3) is 0 Å². The Balaban J connectivity index is 2.05. The molecule has 2 rings (SSSR count). The van der Waals surface area contributed by atoms with Crippen LogP contribution in [0, 0.1) is 0 Å². The van der Waals surface area contributed by atoms with Crippen molar-refractivity contribution in [3.05, 3.63) is 47.0 Å². The van der Waals surface area contributed by atoms with Crippen LogP contribution in [0.25, 0.3) is 0 Å². The SMILES string of the molecule is CCOc1ccc([C@@H](C)NC(=S)Nc2ccc(OC)c(Cl)c2)cc1OCC. The van der Waals surface area contributed by atoms with Crippen LogP contribution in [0.3, 0.4) is 0 Å². The van der Waals surface area contributed by atoms with Crippen LogP contribution in [0.15, 0.2) is 36.4 Å². The van der Waals surface area contributed by atoms with E-state index in [2.05, 4.69) is 10.6 Å². The highest BCUT2D eigenvalue weighted by Crippen LogP contribution is 2.31. The zero-order valence-electron chi connectivity index (χ0n) is 16.0. The van der Waals surface area contributed by atoms with E-state index in [1.165, 1.54) is 0 Å². The van der Waals surface area contributed by atoms with Crippen LogP contribution in [-0.2, 0) is 0 Å². The Morgan fingerprint density at radius 3 is 2.33 bits per heavy atom. The third-order valence-electron chi connectivity index (χ3n) is 3.82. The molecule has 1 atom stereocenters. The second-order valence-electron chi connectivity index (χ2n) is 5.74. The number of halogens is 1. The molecule has 7 heteroatoms. The van der Waals surface area contributed by atoms with Crippen LogP contribution in [-0.4, -0.2) is 25.4 Å². The summed E-state index contributed by atoms with van der Waals surface area (Å²) in [5.41, 5.74) is 1.83. The minimum absolute atomic E-state index is 0.0198. The Labute approximate surface area is 171 Å². The van der Waals surface area contributed by atoms with E-state index >= 15 is 0 Å². The number of thiocarbonyl (C=S) groups is 1. The van der Waals surface area contributed by atoms with E-state index in [4.69, 9.17) is 38.0 Å². The van der Waals surface area contributed by atoms with Gasteiger partial charge in [0, 0.05) is 5.69 Å². The minimum Gasteiger partial charge on any atom is -0.495 e. The summed E-state index contributed by atoms with van der Waals surface area (Å²) in [6.45, 7) is 7.09. The molecule has 27 heavy (non-hydrogen) atoms. The first-order valence-corrected chi connectivity index (χ1v) is 9.57. The first-order valence-electron chi connectivity index (χ1n) is 8.79. The van der Waals surface area contributed by atoms with Gasteiger partial charge in [-0.15, -0.1) is 0 Å². The first kappa shape index (κ1) is 21.1. The number of benzene rings is 2. The Kier molecular flexibility index (Phi) is 8.00. The number of methoxy groups -OCH3 is 1. The molecule has 0 fully saturated rings. The second-order valence-corrected chi connectivity index (χ2v) is 6.56. The fraction of sp³-hybridized carbons (Fsp3) is 0.350. The molecule has 0 aliphatic rings. The number of hydrogen-bond donors (Lipinski definition) is 2. The molecule has 146 valence electrons. The van der Waals surface area contributed by atoms with Crippen molar-refractivity contribution in [2.45, 2.75) is 26.8 Å². The van der Waals surface area contributed by atoms with Crippen molar-refractivity contribution in [2.75, 3.05) is 25.6 Å². The fourth-order valence-corrected chi connectivity index (χ4v) is 3.08. The number of nitrogens with one attached hydrogen (secondary N) is 2. The number of hydrogen-bond acceptors (Lipinski definition) is 4. The van der Waals surface area contributed by atoms with Gasteiger partial charge in [0.05, 0.1) is 31.4 Å². The molecule has 0 aliphatic heterocycles. The highest BCUT2D eigenvalue weighted by atomic mass is 35.5. The standard InChI is InChI=1S/C20H25ClN2O3S/c1-5-25-18-9-7-14(11-19(18)26-6-2)13(3)22-20(27)23-15-8-10-17(24-4)16(21)12-15/h7-13H,5-6H2,1-4H3,(H2,22,23,27)/t13-/m1/s1. The van der Waals surface area contributed by atoms with Crippen LogP contribution in [0.5, 0.6) is 17.2 Å². The summed E-state index contributed by atoms with van der Waals surface area (Å²) in [7, 11) is 1.58. The summed E-state index contributed by atoms with van der Waals surface area (Å²) in [6, 6.07) is 11.3. The lowest BCUT2D eigenvalue weighted by molar-refractivity contribution is 0.287. The maximum Gasteiger partial charge on any atom is 0.171 e. The summed E-state index contributed by atoms with van der Waals surface area (Å²) in [5.74, 6) is 2.09. The van der Waals surface area contributed by atoms with Crippen LogP contribution < -0.4 is 24.8 Å². The first-order chi connectivity index (χ1) is 13.0. The van der Waals surface area contributed by atoms with Crippen molar-refractivity contribution in [3.8, 4) is 17.2 Å². The van der Waals surface area contributed by atoms with Crippen LogP contribution >= 0.6 is 23.8 Å².